The Hall–Kier alpha value is -1.56. The van der Waals surface area contributed by atoms with Gasteiger partial charge in [0.1, 0.15) is 5.75 Å². The van der Waals surface area contributed by atoms with Crippen molar-refractivity contribution in [3.05, 3.63) is 28.8 Å². The van der Waals surface area contributed by atoms with Crippen LogP contribution in [0.4, 0.5) is 8.78 Å². The van der Waals surface area contributed by atoms with Crippen molar-refractivity contribution in [2.24, 2.45) is 4.99 Å². The SMILES string of the molecule is CCNC(=NCc1cc(Cl)ccc1OC(F)F)N1CCCC1. The van der Waals surface area contributed by atoms with Crippen LogP contribution < -0.4 is 10.1 Å². The number of alkyl halides is 2. The van der Waals surface area contributed by atoms with Crippen LogP contribution in [0.1, 0.15) is 25.3 Å². The van der Waals surface area contributed by atoms with E-state index >= 15 is 0 Å². The highest BCUT2D eigenvalue weighted by molar-refractivity contribution is 6.30. The summed E-state index contributed by atoms with van der Waals surface area (Å²) in [6.07, 6.45) is 2.28. The van der Waals surface area contributed by atoms with E-state index in [1.54, 1.807) is 6.07 Å². The van der Waals surface area contributed by atoms with Crippen molar-refractivity contribution in [2.45, 2.75) is 32.9 Å². The largest absolute Gasteiger partial charge is 0.434 e. The summed E-state index contributed by atoms with van der Waals surface area (Å²) in [5, 5.41) is 3.69. The number of rotatable bonds is 5. The van der Waals surface area contributed by atoms with E-state index < -0.39 is 6.61 Å². The first kappa shape index (κ1) is 16.8. The minimum absolute atomic E-state index is 0.112. The Labute approximate surface area is 134 Å². The van der Waals surface area contributed by atoms with E-state index in [0.29, 0.717) is 10.6 Å². The Kier molecular flexibility index (Phi) is 6.24. The van der Waals surface area contributed by atoms with Crippen molar-refractivity contribution >= 4 is 17.6 Å². The number of hydrogen-bond acceptors (Lipinski definition) is 2. The first-order valence-electron chi connectivity index (χ1n) is 7.36. The lowest BCUT2D eigenvalue weighted by Gasteiger charge is -2.21. The van der Waals surface area contributed by atoms with Gasteiger partial charge in [0.05, 0.1) is 6.54 Å². The second kappa shape index (κ2) is 8.17. The van der Waals surface area contributed by atoms with Crippen LogP contribution >= 0.6 is 11.6 Å². The van der Waals surface area contributed by atoms with Crippen molar-refractivity contribution in [3.8, 4) is 5.75 Å². The van der Waals surface area contributed by atoms with E-state index in [0.717, 1.165) is 38.4 Å². The second-order valence-electron chi connectivity index (χ2n) is 4.99. The lowest BCUT2D eigenvalue weighted by Crippen LogP contribution is -2.39. The van der Waals surface area contributed by atoms with Crippen LogP contribution in [-0.2, 0) is 6.54 Å². The predicted octanol–water partition coefficient (Wildman–Crippen LogP) is 3.50. The molecule has 0 radical (unpaired) electrons. The van der Waals surface area contributed by atoms with Gasteiger partial charge in [-0.05, 0) is 38.0 Å². The summed E-state index contributed by atoms with van der Waals surface area (Å²) in [5.74, 6) is 0.906. The van der Waals surface area contributed by atoms with Crippen molar-refractivity contribution in [2.75, 3.05) is 19.6 Å². The molecule has 1 aliphatic heterocycles. The molecule has 2 rings (SSSR count). The summed E-state index contributed by atoms with van der Waals surface area (Å²) in [7, 11) is 0. The van der Waals surface area contributed by atoms with Crippen LogP contribution in [0.25, 0.3) is 0 Å². The van der Waals surface area contributed by atoms with Crippen LogP contribution in [0.15, 0.2) is 23.2 Å². The lowest BCUT2D eigenvalue weighted by molar-refractivity contribution is -0.0504. The number of halogens is 3. The van der Waals surface area contributed by atoms with Gasteiger partial charge in [-0.3, -0.25) is 0 Å². The topological polar surface area (TPSA) is 36.9 Å². The van der Waals surface area contributed by atoms with Crippen molar-refractivity contribution in [3.63, 3.8) is 0 Å². The zero-order valence-corrected chi connectivity index (χ0v) is 13.2. The summed E-state index contributed by atoms with van der Waals surface area (Å²) in [5.41, 5.74) is 0.544. The summed E-state index contributed by atoms with van der Waals surface area (Å²) < 4.78 is 29.4. The molecule has 0 atom stereocenters. The molecule has 4 nitrogen and oxygen atoms in total. The number of hydrogen-bond donors (Lipinski definition) is 1. The molecular weight excluding hydrogens is 312 g/mol. The lowest BCUT2D eigenvalue weighted by atomic mass is 10.2. The fourth-order valence-electron chi connectivity index (χ4n) is 2.40. The van der Waals surface area contributed by atoms with Gasteiger partial charge in [0.15, 0.2) is 5.96 Å². The molecule has 1 aromatic carbocycles. The van der Waals surface area contributed by atoms with Gasteiger partial charge >= 0.3 is 6.61 Å². The number of guanidine groups is 1. The van der Waals surface area contributed by atoms with E-state index in [-0.39, 0.29) is 12.3 Å². The molecule has 0 bridgehead atoms. The molecule has 7 heteroatoms. The smallest absolute Gasteiger partial charge is 0.387 e. The molecule has 1 aliphatic rings. The molecule has 1 saturated heterocycles. The number of nitrogens with zero attached hydrogens (tertiary/aromatic N) is 2. The fraction of sp³-hybridized carbons (Fsp3) is 0.533. The van der Waals surface area contributed by atoms with Crippen molar-refractivity contribution in [1.29, 1.82) is 0 Å². The number of ether oxygens (including phenoxy) is 1. The van der Waals surface area contributed by atoms with Crippen LogP contribution in [0.2, 0.25) is 5.02 Å². The zero-order chi connectivity index (χ0) is 15.9. The highest BCUT2D eigenvalue weighted by atomic mass is 35.5. The third-order valence-electron chi connectivity index (χ3n) is 3.38. The Bertz CT molecular complexity index is 520. The second-order valence-corrected chi connectivity index (χ2v) is 5.43. The van der Waals surface area contributed by atoms with Crippen molar-refractivity contribution in [1.82, 2.24) is 10.2 Å². The maximum Gasteiger partial charge on any atom is 0.387 e. The molecule has 0 unspecified atom stereocenters. The molecule has 0 saturated carbocycles. The number of likely N-dealkylation sites (tertiary alicyclic amines) is 1. The summed E-state index contributed by atoms with van der Waals surface area (Å²) in [6, 6.07) is 4.58. The van der Waals surface area contributed by atoms with E-state index in [1.165, 1.54) is 12.1 Å². The molecule has 0 amide bonds. The molecule has 22 heavy (non-hydrogen) atoms. The maximum absolute atomic E-state index is 12.5. The molecule has 0 aromatic heterocycles. The molecular formula is C15H20ClF2N3O. The maximum atomic E-state index is 12.5. The molecule has 1 N–H and O–H groups in total. The molecule has 1 aromatic rings. The fourth-order valence-corrected chi connectivity index (χ4v) is 2.59. The van der Waals surface area contributed by atoms with Crippen LogP contribution in [0.5, 0.6) is 5.75 Å². The van der Waals surface area contributed by atoms with Gasteiger partial charge in [-0.1, -0.05) is 11.6 Å². The normalized spacial score (nSPS) is 15.5. The van der Waals surface area contributed by atoms with Gasteiger partial charge in [0.2, 0.25) is 0 Å². The monoisotopic (exact) mass is 331 g/mol. The number of nitrogens with one attached hydrogen (secondary N) is 1. The van der Waals surface area contributed by atoms with Crippen LogP contribution in [-0.4, -0.2) is 37.1 Å². The standard InChI is InChI=1S/C15H20ClF2N3O/c1-2-19-15(21-7-3-4-8-21)20-10-11-9-12(16)5-6-13(11)22-14(17)18/h5-6,9,14H,2-4,7-8,10H2,1H3,(H,19,20). The highest BCUT2D eigenvalue weighted by Gasteiger charge is 2.16. The Morgan fingerprint density at radius 1 is 1.41 bits per heavy atom. The highest BCUT2D eigenvalue weighted by Crippen LogP contribution is 2.25. The minimum Gasteiger partial charge on any atom is -0.434 e. The summed E-state index contributed by atoms with van der Waals surface area (Å²) in [6.45, 7) is 2.04. The van der Waals surface area contributed by atoms with Crippen LogP contribution in [0, 0.1) is 0 Å². The van der Waals surface area contributed by atoms with Gasteiger partial charge < -0.3 is 15.0 Å². The summed E-state index contributed by atoms with van der Waals surface area (Å²) in [4.78, 5) is 6.69. The molecule has 122 valence electrons. The minimum atomic E-state index is -2.87. The predicted molar refractivity (Wildman–Crippen MR) is 83.7 cm³/mol. The van der Waals surface area contributed by atoms with E-state index in [4.69, 9.17) is 11.6 Å². The average molecular weight is 332 g/mol. The van der Waals surface area contributed by atoms with Gasteiger partial charge in [-0.25, -0.2) is 4.99 Å². The van der Waals surface area contributed by atoms with Gasteiger partial charge in [0, 0.05) is 30.2 Å². The quantitative estimate of drug-likeness (QED) is 0.662. The third kappa shape index (κ3) is 4.73. The van der Waals surface area contributed by atoms with Gasteiger partial charge in [-0.2, -0.15) is 8.78 Å². The molecule has 1 fully saturated rings. The van der Waals surface area contributed by atoms with Gasteiger partial charge in [-0.15, -0.1) is 0 Å². The van der Waals surface area contributed by atoms with E-state index in [2.05, 4.69) is 19.9 Å². The Balaban J connectivity index is 2.16. The first-order valence-corrected chi connectivity index (χ1v) is 7.74. The number of aliphatic imine (C=N–C) groups is 1. The Morgan fingerprint density at radius 2 is 2.14 bits per heavy atom. The average Bonchev–Trinajstić information content (AvgIpc) is 2.99. The molecule has 1 heterocycles. The van der Waals surface area contributed by atoms with Crippen LogP contribution in [0.3, 0.4) is 0 Å². The molecule has 0 spiro atoms. The molecule has 0 aliphatic carbocycles. The van der Waals surface area contributed by atoms with Gasteiger partial charge in [0.25, 0.3) is 0 Å². The summed E-state index contributed by atoms with van der Waals surface area (Å²) >= 11 is 5.94. The van der Waals surface area contributed by atoms with Crippen molar-refractivity contribution < 1.29 is 13.5 Å². The first-order chi connectivity index (χ1) is 10.6. The van der Waals surface area contributed by atoms with E-state index in [1.807, 2.05) is 6.92 Å². The Morgan fingerprint density at radius 3 is 2.77 bits per heavy atom. The van der Waals surface area contributed by atoms with E-state index in [9.17, 15) is 8.78 Å². The zero-order valence-electron chi connectivity index (χ0n) is 12.5. The third-order valence-corrected chi connectivity index (χ3v) is 3.61. The number of benzene rings is 1.